The van der Waals surface area contributed by atoms with Gasteiger partial charge in [0.25, 0.3) is 5.56 Å². The third-order valence-corrected chi connectivity index (χ3v) is 8.05. The van der Waals surface area contributed by atoms with Crippen molar-refractivity contribution in [1.82, 2.24) is 14.5 Å². The smallest absolute Gasteiger partial charge is 0.261 e. The molecule has 5 rings (SSSR count). The molecule has 1 aliphatic heterocycles. The molecule has 0 bridgehead atoms. The number of aromatic nitrogens is 2. The average Bonchev–Trinajstić information content (AvgIpc) is 3.48. The molecule has 0 saturated carbocycles. The molecule has 1 aromatic carbocycles. The molecule has 43 heavy (non-hydrogen) atoms. The number of hydrogen-bond acceptors (Lipinski definition) is 7. The third-order valence-electron chi connectivity index (χ3n) is 8.05. The van der Waals surface area contributed by atoms with E-state index in [9.17, 15) is 14.4 Å². The van der Waals surface area contributed by atoms with Crippen LogP contribution in [0.25, 0.3) is 11.0 Å². The minimum Gasteiger partial charge on any atom is -0.493 e. The summed E-state index contributed by atoms with van der Waals surface area (Å²) in [6, 6.07) is 13.1. The second kappa shape index (κ2) is 12.4. The Kier molecular flexibility index (Phi) is 8.68. The summed E-state index contributed by atoms with van der Waals surface area (Å²) in [5.74, 6) is 0.171. The maximum Gasteiger partial charge on any atom is 0.261 e. The molecule has 10 nitrogen and oxygen atoms in total. The van der Waals surface area contributed by atoms with Gasteiger partial charge in [0.05, 0.1) is 29.6 Å². The molecule has 0 saturated heterocycles. The lowest BCUT2D eigenvalue weighted by Gasteiger charge is -2.27. The zero-order chi connectivity index (χ0) is 30.7. The van der Waals surface area contributed by atoms with Crippen LogP contribution in [0.3, 0.4) is 0 Å². The van der Waals surface area contributed by atoms with E-state index in [1.807, 2.05) is 50.4 Å². The number of hydrogen-bond donors (Lipinski definition) is 0. The van der Waals surface area contributed by atoms with Crippen molar-refractivity contribution in [3.05, 3.63) is 82.7 Å². The van der Waals surface area contributed by atoms with Crippen molar-refractivity contribution in [1.29, 1.82) is 0 Å². The largest absolute Gasteiger partial charge is 0.493 e. The number of aryl methyl sites for hydroxylation is 1. The van der Waals surface area contributed by atoms with Gasteiger partial charge in [-0.25, -0.2) is 0 Å². The summed E-state index contributed by atoms with van der Waals surface area (Å²) < 4.78 is 13.2. The molecule has 0 aliphatic carbocycles. The molecule has 0 N–H and O–H groups in total. The Hall–Kier alpha value is -4.44. The van der Waals surface area contributed by atoms with Crippen molar-refractivity contribution in [3.63, 3.8) is 0 Å². The summed E-state index contributed by atoms with van der Waals surface area (Å²) in [5.41, 5.74) is 2.78. The van der Waals surface area contributed by atoms with Gasteiger partial charge in [0.1, 0.15) is 16.7 Å². The fourth-order valence-electron chi connectivity index (χ4n) is 5.50. The van der Waals surface area contributed by atoms with Gasteiger partial charge in [-0.15, -0.1) is 0 Å². The van der Waals surface area contributed by atoms with Crippen LogP contribution in [0.15, 0.2) is 70.3 Å². The van der Waals surface area contributed by atoms with E-state index in [1.54, 1.807) is 47.5 Å². The van der Waals surface area contributed by atoms with Crippen LogP contribution in [-0.4, -0.2) is 59.6 Å². The van der Waals surface area contributed by atoms with E-state index in [0.29, 0.717) is 60.9 Å². The van der Waals surface area contributed by atoms with Crippen molar-refractivity contribution in [2.45, 2.75) is 47.2 Å². The van der Waals surface area contributed by atoms with Gasteiger partial charge in [0.2, 0.25) is 11.8 Å². The molecule has 3 aromatic heterocycles. The highest BCUT2D eigenvalue weighted by atomic mass is 16.5. The number of carbonyl (C=O) groups is 2. The number of fused-ring (bicyclic) bond motifs is 2. The molecule has 0 atom stereocenters. The van der Waals surface area contributed by atoms with E-state index in [-0.39, 0.29) is 17.4 Å². The monoisotopic (exact) mass is 585 g/mol. The maximum absolute atomic E-state index is 13.2. The van der Waals surface area contributed by atoms with Crippen LogP contribution in [-0.2, 0) is 22.7 Å². The number of amides is 2. The van der Waals surface area contributed by atoms with Gasteiger partial charge in [-0.3, -0.25) is 24.3 Å². The van der Waals surface area contributed by atoms with Crippen molar-refractivity contribution < 1.29 is 18.7 Å². The van der Waals surface area contributed by atoms with E-state index < -0.39 is 5.41 Å². The summed E-state index contributed by atoms with van der Waals surface area (Å²) in [7, 11) is 1.70. The first-order valence-corrected chi connectivity index (χ1v) is 14.7. The van der Waals surface area contributed by atoms with Crippen LogP contribution >= 0.6 is 0 Å². The van der Waals surface area contributed by atoms with Gasteiger partial charge < -0.3 is 23.5 Å². The van der Waals surface area contributed by atoms with E-state index in [2.05, 4.69) is 16.0 Å². The van der Waals surface area contributed by atoms with Crippen LogP contribution in [0.2, 0.25) is 0 Å². The topological polar surface area (TPSA) is 101 Å². The fraction of sp³-hybridized carbons (Fsp3) is 0.394. The molecule has 2 amide bonds. The van der Waals surface area contributed by atoms with Gasteiger partial charge in [0, 0.05) is 63.9 Å². The highest BCUT2D eigenvalue weighted by Gasteiger charge is 2.45. The lowest BCUT2D eigenvalue weighted by Crippen LogP contribution is -2.47. The highest BCUT2D eigenvalue weighted by molar-refractivity contribution is 6.20. The SMILES string of the molecule is CCN1C(=O)C(C)(C)C(=O)N(C)c2cc(OCCCN(CCn3ccc4occc4c3=O)Cc3ccc(C)nc3)ccc21. The first-order valence-electron chi connectivity index (χ1n) is 14.7. The number of anilines is 2. The Morgan fingerprint density at radius 1 is 1.00 bits per heavy atom. The normalized spacial score (nSPS) is 14.8. The Morgan fingerprint density at radius 3 is 2.56 bits per heavy atom. The molecule has 0 radical (unpaired) electrons. The average molecular weight is 586 g/mol. The number of furan rings is 1. The first kappa shape index (κ1) is 30.0. The van der Waals surface area contributed by atoms with E-state index in [1.165, 1.54) is 6.26 Å². The van der Waals surface area contributed by atoms with Gasteiger partial charge in [-0.2, -0.15) is 0 Å². The summed E-state index contributed by atoms with van der Waals surface area (Å²) in [5, 5.41) is 0.577. The minimum absolute atomic E-state index is 0.0649. The van der Waals surface area contributed by atoms with Crippen molar-refractivity contribution in [2.75, 3.05) is 43.1 Å². The van der Waals surface area contributed by atoms with Gasteiger partial charge >= 0.3 is 0 Å². The molecule has 0 spiro atoms. The predicted molar refractivity (Wildman–Crippen MR) is 166 cm³/mol. The second-order valence-electron chi connectivity index (χ2n) is 11.5. The van der Waals surface area contributed by atoms with Crippen LogP contribution in [0.4, 0.5) is 11.4 Å². The van der Waals surface area contributed by atoms with Crippen molar-refractivity contribution >= 4 is 34.2 Å². The van der Waals surface area contributed by atoms with Crippen molar-refractivity contribution in [3.8, 4) is 5.75 Å². The van der Waals surface area contributed by atoms with Crippen LogP contribution < -0.4 is 20.1 Å². The number of carbonyl (C=O) groups excluding carboxylic acids is 2. The number of benzene rings is 1. The molecular formula is C33H39N5O5. The summed E-state index contributed by atoms with van der Waals surface area (Å²) in [6.07, 6.45) is 5.94. The van der Waals surface area contributed by atoms with Crippen LogP contribution in [0, 0.1) is 12.3 Å². The van der Waals surface area contributed by atoms with Crippen LogP contribution in [0.1, 0.15) is 38.4 Å². The van der Waals surface area contributed by atoms with Crippen LogP contribution in [0.5, 0.6) is 5.75 Å². The quantitative estimate of drug-likeness (QED) is 0.187. The molecular weight excluding hydrogens is 546 g/mol. The molecule has 4 heterocycles. The minimum atomic E-state index is -1.16. The van der Waals surface area contributed by atoms with Gasteiger partial charge in [0.15, 0.2) is 0 Å². The summed E-state index contributed by atoms with van der Waals surface area (Å²) in [4.78, 5) is 49.1. The molecule has 226 valence electrons. The molecule has 1 aliphatic rings. The zero-order valence-electron chi connectivity index (χ0n) is 25.5. The third kappa shape index (κ3) is 6.19. The van der Waals surface area contributed by atoms with Gasteiger partial charge in [-0.05, 0) is 70.0 Å². The predicted octanol–water partition coefficient (Wildman–Crippen LogP) is 4.62. The van der Waals surface area contributed by atoms with E-state index >= 15 is 0 Å². The number of pyridine rings is 2. The maximum atomic E-state index is 13.2. The molecule has 10 heteroatoms. The molecule has 4 aromatic rings. The zero-order valence-corrected chi connectivity index (χ0v) is 25.5. The van der Waals surface area contributed by atoms with Crippen molar-refractivity contribution in [2.24, 2.45) is 5.41 Å². The molecule has 0 fully saturated rings. The highest BCUT2D eigenvalue weighted by Crippen LogP contribution is 2.40. The Morgan fingerprint density at radius 2 is 1.81 bits per heavy atom. The fourth-order valence-corrected chi connectivity index (χ4v) is 5.50. The Bertz CT molecular complexity index is 1670. The first-order chi connectivity index (χ1) is 20.6. The van der Waals surface area contributed by atoms with Gasteiger partial charge in [-0.1, -0.05) is 6.07 Å². The standard InChI is InChI=1S/C33H39N5O5/c1-6-38-27-11-10-25(20-28(27)35(5)31(40)33(3,4)32(38)41)42-18-7-14-36(22-24-9-8-23(2)34-21-24)16-17-37-15-12-29-26(30(37)39)13-19-43-29/h8-13,15,19-21H,6-7,14,16-18,22H2,1-5H3. The second-order valence-corrected chi connectivity index (χ2v) is 11.5. The summed E-state index contributed by atoms with van der Waals surface area (Å²) >= 11 is 0. The van der Waals surface area contributed by atoms with E-state index in [4.69, 9.17) is 9.15 Å². The van der Waals surface area contributed by atoms with E-state index in [0.717, 1.165) is 24.2 Å². The Balaban J connectivity index is 1.25. The number of nitrogens with zero attached hydrogens (tertiary/aromatic N) is 5. The lowest BCUT2D eigenvalue weighted by molar-refractivity contribution is -0.137. The number of ether oxygens (including phenoxy) is 1. The summed E-state index contributed by atoms with van der Waals surface area (Å²) in [6.45, 7) is 10.8. The lowest BCUT2D eigenvalue weighted by atomic mass is 9.90. The molecule has 0 unspecified atom stereocenters. The number of rotatable bonds is 11. The Labute approximate surface area is 251 Å².